The molecule has 2 fully saturated rings. The molecule has 0 radical (unpaired) electrons. The second kappa shape index (κ2) is 3.63. The van der Waals surface area contributed by atoms with E-state index >= 15 is 0 Å². The van der Waals surface area contributed by atoms with Gasteiger partial charge in [-0.2, -0.15) is 0 Å². The molecule has 0 N–H and O–H groups in total. The van der Waals surface area contributed by atoms with Crippen molar-refractivity contribution in [3.63, 3.8) is 0 Å². The average Bonchev–Trinajstić information content (AvgIpc) is 2.12. The number of hydrogen-bond donors (Lipinski definition) is 0. The fraction of sp³-hybridized carbons (Fsp3) is 1.00. The molecule has 0 aromatic carbocycles. The summed E-state index contributed by atoms with van der Waals surface area (Å²) in [7, 11) is 0. The van der Waals surface area contributed by atoms with Gasteiger partial charge in [0.05, 0.1) is 0 Å². The molecule has 0 heterocycles. The molecular formula is C13H24. The fourth-order valence-corrected chi connectivity index (χ4v) is 4.06. The van der Waals surface area contributed by atoms with E-state index in [-0.39, 0.29) is 0 Å². The maximum atomic E-state index is 2.49. The minimum atomic E-state index is 1.01. The quantitative estimate of drug-likeness (QED) is 0.526. The van der Waals surface area contributed by atoms with Gasteiger partial charge in [-0.25, -0.2) is 0 Å². The first-order valence-corrected chi connectivity index (χ1v) is 6.20. The molecule has 0 saturated heterocycles. The Bertz CT molecular complexity index is 169. The van der Waals surface area contributed by atoms with Crippen LogP contribution in [-0.2, 0) is 0 Å². The highest BCUT2D eigenvalue weighted by atomic mass is 14.4. The Balaban J connectivity index is 2.12. The predicted molar refractivity (Wildman–Crippen MR) is 57.6 cm³/mol. The first-order chi connectivity index (χ1) is 6.20. The molecule has 0 aliphatic heterocycles. The lowest BCUT2D eigenvalue weighted by Crippen LogP contribution is -2.39. The van der Waals surface area contributed by atoms with Crippen LogP contribution >= 0.6 is 0 Å². The standard InChI is InChI=1S/C13H24/c1-9-7-8-11(3)13-10(2)5-4-6-12(9)13/h9-13H,4-8H2,1-3H3. The SMILES string of the molecule is CC1CCC(C)C2C(C)CCCC12. The topological polar surface area (TPSA) is 0 Å². The van der Waals surface area contributed by atoms with Gasteiger partial charge < -0.3 is 0 Å². The highest BCUT2D eigenvalue weighted by Crippen LogP contribution is 2.48. The second-order valence-electron chi connectivity index (χ2n) is 5.68. The minimum Gasteiger partial charge on any atom is -0.0622 e. The van der Waals surface area contributed by atoms with E-state index < -0.39 is 0 Å². The molecule has 2 rings (SSSR count). The third-order valence-electron chi connectivity index (χ3n) is 4.81. The summed E-state index contributed by atoms with van der Waals surface area (Å²) < 4.78 is 0. The van der Waals surface area contributed by atoms with E-state index in [1.807, 2.05) is 0 Å². The molecule has 5 atom stereocenters. The van der Waals surface area contributed by atoms with E-state index in [0.29, 0.717) is 0 Å². The van der Waals surface area contributed by atoms with Crippen molar-refractivity contribution in [2.24, 2.45) is 29.6 Å². The van der Waals surface area contributed by atoms with Crippen molar-refractivity contribution in [2.45, 2.75) is 52.9 Å². The zero-order chi connectivity index (χ0) is 9.42. The molecule has 0 bridgehead atoms. The summed E-state index contributed by atoms with van der Waals surface area (Å²) in [6.45, 7) is 7.47. The van der Waals surface area contributed by atoms with Crippen molar-refractivity contribution in [1.29, 1.82) is 0 Å². The number of hydrogen-bond acceptors (Lipinski definition) is 0. The van der Waals surface area contributed by atoms with Crippen LogP contribution in [0.1, 0.15) is 52.9 Å². The van der Waals surface area contributed by atoms with Crippen LogP contribution in [0.25, 0.3) is 0 Å². The highest BCUT2D eigenvalue weighted by molar-refractivity contribution is 4.89. The van der Waals surface area contributed by atoms with Crippen LogP contribution in [-0.4, -0.2) is 0 Å². The maximum Gasteiger partial charge on any atom is -0.0332 e. The molecule has 0 aromatic rings. The van der Waals surface area contributed by atoms with Gasteiger partial charge in [0.2, 0.25) is 0 Å². The minimum absolute atomic E-state index is 1.01. The lowest BCUT2D eigenvalue weighted by atomic mass is 9.58. The van der Waals surface area contributed by atoms with Crippen LogP contribution in [0.5, 0.6) is 0 Å². The molecule has 0 nitrogen and oxygen atoms in total. The highest BCUT2D eigenvalue weighted by Gasteiger charge is 2.39. The zero-order valence-electron chi connectivity index (χ0n) is 9.42. The van der Waals surface area contributed by atoms with Gasteiger partial charge in [0.25, 0.3) is 0 Å². The van der Waals surface area contributed by atoms with E-state index in [1.165, 1.54) is 32.1 Å². The number of rotatable bonds is 0. The van der Waals surface area contributed by atoms with Gasteiger partial charge in [-0.15, -0.1) is 0 Å². The van der Waals surface area contributed by atoms with Crippen LogP contribution < -0.4 is 0 Å². The molecule has 0 spiro atoms. The largest absolute Gasteiger partial charge is 0.0622 e. The van der Waals surface area contributed by atoms with Crippen molar-refractivity contribution in [3.8, 4) is 0 Å². The van der Waals surface area contributed by atoms with Gasteiger partial charge in [0.15, 0.2) is 0 Å². The molecule has 0 heteroatoms. The van der Waals surface area contributed by atoms with Crippen molar-refractivity contribution in [2.75, 3.05) is 0 Å². The summed E-state index contributed by atoms with van der Waals surface area (Å²) in [6.07, 6.45) is 7.51. The van der Waals surface area contributed by atoms with Crippen LogP contribution in [0.3, 0.4) is 0 Å². The van der Waals surface area contributed by atoms with Crippen molar-refractivity contribution < 1.29 is 0 Å². The summed E-state index contributed by atoms with van der Waals surface area (Å²) >= 11 is 0. The summed E-state index contributed by atoms with van der Waals surface area (Å²) in [5, 5.41) is 0. The zero-order valence-corrected chi connectivity index (χ0v) is 9.42. The molecule has 13 heavy (non-hydrogen) atoms. The van der Waals surface area contributed by atoms with E-state index in [1.54, 1.807) is 0 Å². The number of fused-ring (bicyclic) bond motifs is 1. The summed E-state index contributed by atoms with van der Waals surface area (Å²) in [5.74, 6) is 5.18. The molecular weight excluding hydrogens is 156 g/mol. The van der Waals surface area contributed by atoms with Gasteiger partial charge in [-0.3, -0.25) is 0 Å². The molecule has 0 aromatic heterocycles. The Morgan fingerprint density at radius 1 is 0.692 bits per heavy atom. The average molecular weight is 180 g/mol. The second-order valence-corrected chi connectivity index (χ2v) is 5.68. The summed E-state index contributed by atoms with van der Waals surface area (Å²) in [5.41, 5.74) is 0. The van der Waals surface area contributed by atoms with Gasteiger partial charge in [-0.1, -0.05) is 46.5 Å². The maximum absolute atomic E-state index is 2.49. The fourth-order valence-electron chi connectivity index (χ4n) is 4.06. The van der Waals surface area contributed by atoms with Crippen LogP contribution in [0.15, 0.2) is 0 Å². The van der Waals surface area contributed by atoms with E-state index in [9.17, 15) is 0 Å². The van der Waals surface area contributed by atoms with Gasteiger partial charge in [0, 0.05) is 0 Å². The lowest BCUT2D eigenvalue weighted by Gasteiger charge is -2.47. The Morgan fingerprint density at radius 2 is 1.31 bits per heavy atom. The predicted octanol–water partition coefficient (Wildman–Crippen LogP) is 4.10. The van der Waals surface area contributed by atoms with Crippen LogP contribution in [0.4, 0.5) is 0 Å². The summed E-state index contributed by atoms with van der Waals surface area (Å²) in [6, 6.07) is 0. The normalized spacial score (nSPS) is 51.5. The van der Waals surface area contributed by atoms with Gasteiger partial charge >= 0.3 is 0 Å². The first-order valence-electron chi connectivity index (χ1n) is 6.20. The van der Waals surface area contributed by atoms with E-state index in [0.717, 1.165) is 29.6 Å². The Kier molecular flexibility index (Phi) is 2.67. The molecule has 0 amide bonds. The molecule has 2 aliphatic rings. The van der Waals surface area contributed by atoms with E-state index in [2.05, 4.69) is 20.8 Å². The summed E-state index contributed by atoms with van der Waals surface area (Å²) in [4.78, 5) is 0. The van der Waals surface area contributed by atoms with Crippen molar-refractivity contribution in [3.05, 3.63) is 0 Å². The van der Waals surface area contributed by atoms with Crippen LogP contribution in [0, 0.1) is 29.6 Å². The van der Waals surface area contributed by atoms with Gasteiger partial charge in [-0.05, 0) is 36.0 Å². The monoisotopic (exact) mass is 180 g/mol. The van der Waals surface area contributed by atoms with E-state index in [4.69, 9.17) is 0 Å². The third kappa shape index (κ3) is 1.65. The molecule has 2 aliphatic carbocycles. The Hall–Kier alpha value is 0. The van der Waals surface area contributed by atoms with Crippen LogP contribution in [0.2, 0.25) is 0 Å². The Morgan fingerprint density at radius 3 is 2.00 bits per heavy atom. The lowest BCUT2D eigenvalue weighted by molar-refractivity contribution is 0.0269. The van der Waals surface area contributed by atoms with Crippen molar-refractivity contribution in [1.82, 2.24) is 0 Å². The Labute approximate surface area is 83.1 Å². The molecule has 5 unspecified atom stereocenters. The molecule has 2 saturated carbocycles. The third-order valence-corrected chi connectivity index (χ3v) is 4.81. The van der Waals surface area contributed by atoms with Gasteiger partial charge in [0.1, 0.15) is 0 Å². The first kappa shape index (κ1) is 9.55. The smallest absolute Gasteiger partial charge is 0.0332 e. The van der Waals surface area contributed by atoms with Crippen molar-refractivity contribution >= 4 is 0 Å². The molecule has 76 valence electrons.